The van der Waals surface area contributed by atoms with Gasteiger partial charge < -0.3 is 9.64 Å². The summed E-state index contributed by atoms with van der Waals surface area (Å²) in [5.41, 5.74) is 1.96. The largest absolute Gasteiger partial charge is 0.497 e. The summed E-state index contributed by atoms with van der Waals surface area (Å²) >= 11 is 9.69. The van der Waals surface area contributed by atoms with Crippen LogP contribution in [0.4, 0.5) is 5.13 Å². The highest BCUT2D eigenvalue weighted by Crippen LogP contribution is 2.36. The average Bonchev–Trinajstić information content (AvgIpc) is 3.29. The van der Waals surface area contributed by atoms with Crippen molar-refractivity contribution in [1.82, 2.24) is 9.88 Å². The van der Waals surface area contributed by atoms with Crippen LogP contribution in [0, 0.1) is 6.92 Å². The van der Waals surface area contributed by atoms with Crippen LogP contribution in [-0.2, 0) is 4.79 Å². The van der Waals surface area contributed by atoms with E-state index < -0.39 is 0 Å². The predicted octanol–water partition coefficient (Wildman–Crippen LogP) is 6.51. The molecule has 1 heterocycles. The van der Waals surface area contributed by atoms with Crippen molar-refractivity contribution in [3.63, 3.8) is 0 Å². The lowest BCUT2D eigenvalue weighted by Crippen LogP contribution is -2.38. The first-order valence-electron chi connectivity index (χ1n) is 11.3. The number of aryl methyl sites for hydroxylation is 1. The monoisotopic (exact) mass is 505 g/mol. The van der Waals surface area contributed by atoms with E-state index in [0.717, 1.165) is 58.5 Å². The molecule has 3 rings (SSSR count). The number of carbonyl (C=O) groups excluding carboxylic acids is 1. The number of ether oxygens (including phenoxy) is 1. The van der Waals surface area contributed by atoms with Crippen LogP contribution in [0.25, 0.3) is 10.2 Å². The summed E-state index contributed by atoms with van der Waals surface area (Å²) in [6.45, 7) is 9.69. The first-order valence-corrected chi connectivity index (χ1v) is 13.5. The van der Waals surface area contributed by atoms with Gasteiger partial charge in [0, 0.05) is 24.4 Å². The highest BCUT2D eigenvalue weighted by molar-refractivity contribution is 7.99. The number of thiazole rings is 1. The molecule has 33 heavy (non-hydrogen) atoms. The van der Waals surface area contributed by atoms with E-state index in [1.807, 2.05) is 36.1 Å². The molecule has 0 unspecified atom stereocenters. The second-order valence-electron chi connectivity index (χ2n) is 7.74. The summed E-state index contributed by atoms with van der Waals surface area (Å²) in [6.07, 6.45) is 1.30. The molecule has 2 aromatic carbocycles. The van der Waals surface area contributed by atoms with Gasteiger partial charge in [0.1, 0.15) is 5.75 Å². The van der Waals surface area contributed by atoms with Gasteiger partial charge in [-0.1, -0.05) is 42.9 Å². The van der Waals surface area contributed by atoms with Gasteiger partial charge in [0.05, 0.1) is 22.3 Å². The van der Waals surface area contributed by atoms with Gasteiger partial charge in [-0.05, 0) is 68.1 Å². The summed E-state index contributed by atoms with van der Waals surface area (Å²) in [6, 6.07) is 11.9. The molecule has 0 spiro atoms. The number of hydrogen-bond donors (Lipinski definition) is 0. The number of rotatable bonds is 12. The molecule has 0 aliphatic heterocycles. The highest BCUT2D eigenvalue weighted by atomic mass is 35.5. The maximum Gasteiger partial charge on any atom is 0.228 e. The zero-order valence-corrected chi connectivity index (χ0v) is 22.2. The Labute approximate surface area is 210 Å². The molecule has 1 aromatic heterocycles. The number of aromatic nitrogens is 1. The minimum absolute atomic E-state index is 0.116. The Kier molecular flexibility index (Phi) is 9.86. The Morgan fingerprint density at radius 1 is 1.12 bits per heavy atom. The first-order chi connectivity index (χ1) is 16.0. The Hall–Kier alpha value is -1.80. The van der Waals surface area contributed by atoms with Crippen LogP contribution in [0.15, 0.2) is 41.3 Å². The van der Waals surface area contributed by atoms with E-state index >= 15 is 0 Å². The second-order valence-corrected chi connectivity index (χ2v) is 10.3. The molecule has 0 saturated carbocycles. The SMILES string of the molecule is CCN(CC)CCN(C(=O)CCCSc1ccc(OC)cc1)c1nc2c(C)ccc(Cl)c2s1. The molecule has 8 heteroatoms. The molecule has 5 nitrogen and oxygen atoms in total. The van der Waals surface area contributed by atoms with E-state index in [9.17, 15) is 4.79 Å². The fourth-order valence-corrected chi connectivity index (χ4v) is 5.75. The van der Waals surface area contributed by atoms with Crippen molar-refractivity contribution in [3.05, 3.63) is 47.0 Å². The van der Waals surface area contributed by atoms with E-state index in [0.29, 0.717) is 18.0 Å². The predicted molar refractivity (Wildman–Crippen MR) is 142 cm³/mol. The fraction of sp³-hybridized carbons (Fsp3) is 0.440. The van der Waals surface area contributed by atoms with Gasteiger partial charge in [-0.3, -0.25) is 9.69 Å². The second kappa shape index (κ2) is 12.6. The lowest BCUT2D eigenvalue weighted by molar-refractivity contribution is -0.118. The van der Waals surface area contributed by atoms with E-state index in [-0.39, 0.29) is 5.91 Å². The van der Waals surface area contributed by atoms with Crippen LogP contribution < -0.4 is 9.64 Å². The minimum atomic E-state index is 0.116. The summed E-state index contributed by atoms with van der Waals surface area (Å²) in [5.74, 6) is 1.85. The van der Waals surface area contributed by atoms with Gasteiger partial charge in [0.15, 0.2) is 5.13 Å². The molecule has 0 radical (unpaired) electrons. The number of methoxy groups -OCH3 is 1. The molecule has 0 N–H and O–H groups in total. The normalized spacial score (nSPS) is 11.3. The Morgan fingerprint density at radius 2 is 1.85 bits per heavy atom. The van der Waals surface area contributed by atoms with E-state index in [1.54, 1.807) is 18.9 Å². The molecular weight excluding hydrogens is 474 g/mol. The molecule has 1 amide bonds. The molecular formula is C25H32ClN3O2S2. The zero-order chi connectivity index (χ0) is 23.8. The van der Waals surface area contributed by atoms with Crippen LogP contribution in [0.3, 0.4) is 0 Å². The molecule has 0 fully saturated rings. The van der Waals surface area contributed by atoms with Crippen LogP contribution in [-0.4, -0.2) is 54.8 Å². The lowest BCUT2D eigenvalue weighted by Gasteiger charge is -2.24. The summed E-state index contributed by atoms with van der Waals surface area (Å²) in [5, 5.41) is 1.42. The number of anilines is 1. The van der Waals surface area contributed by atoms with Crippen molar-refractivity contribution >= 4 is 56.0 Å². The van der Waals surface area contributed by atoms with Gasteiger partial charge in [0.2, 0.25) is 5.91 Å². The molecule has 178 valence electrons. The number of halogens is 1. The van der Waals surface area contributed by atoms with E-state index in [4.69, 9.17) is 21.3 Å². The zero-order valence-electron chi connectivity index (χ0n) is 19.8. The van der Waals surface area contributed by atoms with Crippen molar-refractivity contribution in [2.75, 3.05) is 43.9 Å². The van der Waals surface area contributed by atoms with Crippen molar-refractivity contribution in [3.8, 4) is 5.75 Å². The van der Waals surface area contributed by atoms with Gasteiger partial charge in [-0.2, -0.15) is 0 Å². The van der Waals surface area contributed by atoms with E-state index in [2.05, 4.69) is 30.9 Å². The third kappa shape index (κ3) is 6.85. The molecule has 0 atom stereocenters. The van der Waals surface area contributed by atoms with Crippen LogP contribution in [0.1, 0.15) is 32.3 Å². The summed E-state index contributed by atoms with van der Waals surface area (Å²) in [7, 11) is 1.67. The summed E-state index contributed by atoms with van der Waals surface area (Å²) in [4.78, 5) is 23.5. The standard InChI is InChI=1S/C25H32ClN3O2S2/c1-5-28(6-2)15-16-29(25-27-23-18(3)9-14-21(26)24(23)33-25)22(30)8-7-17-32-20-12-10-19(31-4)11-13-20/h9-14H,5-8,15-17H2,1-4H3. The highest BCUT2D eigenvalue weighted by Gasteiger charge is 2.21. The maximum atomic E-state index is 13.3. The quantitative estimate of drug-likeness (QED) is 0.207. The number of hydrogen-bond acceptors (Lipinski definition) is 6. The van der Waals surface area contributed by atoms with Crippen molar-refractivity contribution in [2.24, 2.45) is 0 Å². The Bertz CT molecular complexity index is 1010. The third-order valence-corrected chi connectivity index (χ3v) is 8.25. The molecule has 0 saturated heterocycles. The number of amides is 1. The summed E-state index contributed by atoms with van der Waals surface area (Å²) < 4.78 is 6.16. The third-order valence-electron chi connectivity index (χ3n) is 5.62. The lowest BCUT2D eigenvalue weighted by atomic mass is 10.2. The van der Waals surface area contributed by atoms with E-state index in [1.165, 1.54) is 16.2 Å². The van der Waals surface area contributed by atoms with Gasteiger partial charge in [0.25, 0.3) is 0 Å². The Balaban J connectivity index is 1.68. The van der Waals surface area contributed by atoms with Crippen molar-refractivity contribution < 1.29 is 9.53 Å². The number of likely N-dealkylation sites (N-methyl/N-ethyl adjacent to an activating group) is 1. The minimum Gasteiger partial charge on any atom is -0.497 e. The average molecular weight is 506 g/mol. The topological polar surface area (TPSA) is 45.7 Å². The van der Waals surface area contributed by atoms with Crippen LogP contribution in [0.2, 0.25) is 5.02 Å². The van der Waals surface area contributed by atoms with Gasteiger partial charge in [-0.25, -0.2) is 4.98 Å². The number of carbonyl (C=O) groups is 1. The van der Waals surface area contributed by atoms with Crippen LogP contribution >= 0.6 is 34.7 Å². The molecule has 0 aliphatic rings. The molecule has 0 bridgehead atoms. The first kappa shape index (κ1) is 25.8. The Morgan fingerprint density at radius 3 is 2.48 bits per heavy atom. The number of benzene rings is 2. The van der Waals surface area contributed by atoms with Crippen molar-refractivity contribution in [2.45, 2.75) is 38.5 Å². The van der Waals surface area contributed by atoms with Crippen molar-refractivity contribution in [1.29, 1.82) is 0 Å². The smallest absolute Gasteiger partial charge is 0.228 e. The van der Waals surface area contributed by atoms with Crippen LogP contribution in [0.5, 0.6) is 5.75 Å². The molecule has 0 aliphatic carbocycles. The fourth-order valence-electron chi connectivity index (χ4n) is 3.53. The number of nitrogens with zero attached hydrogens (tertiary/aromatic N) is 3. The molecule has 3 aromatic rings. The number of fused-ring (bicyclic) bond motifs is 1. The maximum absolute atomic E-state index is 13.3. The van der Waals surface area contributed by atoms with Gasteiger partial charge >= 0.3 is 0 Å². The van der Waals surface area contributed by atoms with Gasteiger partial charge in [-0.15, -0.1) is 11.8 Å². The number of thioether (sulfide) groups is 1.